The van der Waals surface area contributed by atoms with Gasteiger partial charge in [0, 0.05) is 38.0 Å². The molecule has 2 N–H and O–H groups in total. The number of amidine groups is 1. The summed E-state index contributed by atoms with van der Waals surface area (Å²) in [5, 5.41) is 7.07. The molecule has 0 saturated heterocycles. The fourth-order valence-electron chi connectivity index (χ4n) is 6.70. The molecule has 0 aliphatic carbocycles. The first kappa shape index (κ1) is 28.1. The standard InChI is InChI=1S/C42H29N5S/c43-41(34-19-10-15-28-14-4-5-16-29(28)34)46-42(44-26-27-12-2-1-3-13-27)35-20-11-23-38(45-35)47-36-21-8-6-17-30(36)32-24-25-33-31-18-7-9-22-37(31)48-40(33)39(32)47/h1-26,42H,(H2,43,46). The van der Waals surface area contributed by atoms with Gasteiger partial charge in [0.15, 0.2) is 6.17 Å². The number of para-hydroxylation sites is 1. The Hall–Kier alpha value is -6.11. The first-order valence-corrected chi connectivity index (χ1v) is 16.7. The molecule has 3 aromatic heterocycles. The van der Waals surface area contributed by atoms with Gasteiger partial charge in [-0.25, -0.2) is 9.98 Å². The number of aliphatic imine (C=N–C) groups is 2. The van der Waals surface area contributed by atoms with Crippen LogP contribution >= 0.6 is 11.3 Å². The lowest BCUT2D eigenvalue weighted by Gasteiger charge is -2.14. The summed E-state index contributed by atoms with van der Waals surface area (Å²) in [5.41, 5.74) is 11.6. The summed E-state index contributed by atoms with van der Waals surface area (Å²) in [6.45, 7) is 0. The van der Waals surface area contributed by atoms with Crippen LogP contribution in [0.3, 0.4) is 0 Å². The maximum absolute atomic E-state index is 6.79. The van der Waals surface area contributed by atoms with Crippen LogP contribution in [-0.2, 0) is 0 Å². The molecule has 3 heterocycles. The Morgan fingerprint density at radius 3 is 2.25 bits per heavy atom. The third kappa shape index (κ3) is 4.73. The lowest BCUT2D eigenvalue weighted by Crippen LogP contribution is -2.16. The molecular formula is C42H29N5S. The van der Waals surface area contributed by atoms with Gasteiger partial charge in [-0.1, -0.05) is 127 Å². The number of aromatic nitrogens is 2. The molecule has 0 bridgehead atoms. The Morgan fingerprint density at radius 2 is 1.35 bits per heavy atom. The van der Waals surface area contributed by atoms with Crippen molar-refractivity contribution in [1.29, 1.82) is 0 Å². The van der Waals surface area contributed by atoms with Gasteiger partial charge in [0.25, 0.3) is 0 Å². The molecule has 0 amide bonds. The van der Waals surface area contributed by atoms with Crippen LogP contribution in [0.4, 0.5) is 0 Å². The number of fused-ring (bicyclic) bond motifs is 8. The summed E-state index contributed by atoms with van der Waals surface area (Å²) in [5.74, 6) is 1.22. The molecule has 0 fully saturated rings. The predicted octanol–water partition coefficient (Wildman–Crippen LogP) is 10.2. The van der Waals surface area contributed by atoms with E-state index in [4.69, 9.17) is 20.7 Å². The fraction of sp³-hybridized carbons (Fsp3) is 0.0238. The summed E-state index contributed by atoms with van der Waals surface area (Å²) in [6.07, 6.45) is 1.18. The van der Waals surface area contributed by atoms with Gasteiger partial charge in [0.2, 0.25) is 0 Å². The van der Waals surface area contributed by atoms with Gasteiger partial charge >= 0.3 is 0 Å². The van der Waals surface area contributed by atoms with E-state index < -0.39 is 6.17 Å². The number of rotatable bonds is 6. The lowest BCUT2D eigenvalue weighted by molar-refractivity contribution is 0.745. The van der Waals surface area contributed by atoms with Gasteiger partial charge in [-0.05, 0) is 40.6 Å². The second-order valence-electron chi connectivity index (χ2n) is 11.8. The molecule has 1 atom stereocenters. The van der Waals surface area contributed by atoms with E-state index in [0.717, 1.165) is 38.8 Å². The lowest BCUT2D eigenvalue weighted by atomic mass is 10.0. The molecule has 6 heteroatoms. The van der Waals surface area contributed by atoms with E-state index in [-0.39, 0.29) is 0 Å². The summed E-state index contributed by atoms with van der Waals surface area (Å²) in [7, 11) is 0. The monoisotopic (exact) mass is 635 g/mol. The van der Waals surface area contributed by atoms with Crippen LogP contribution < -0.4 is 5.73 Å². The molecule has 0 aliphatic rings. The van der Waals surface area contributed by atoms with Crippen molar-refractivity contribution in [2.24, 2.45) is 15.7 Å². The Balaban J connectivity index is 1.25. The van der Waals surface area contributed by atoms with E-state index in [9.17, 15) is 0 Å². The van der Waals surface area contributed by atoms with Crippen LogP contribution in [0.1, 0.15) is 23.0 Å². The molecule has 0 aliphatic heterocycles. The van der Waals surface area contributed by atoms with Gasteiger partial charge in [0.1, 0.15) is 11.7 Å². The Kier molecular flexibility index (Phi) is 6.80. The highest BCUT2D eigenvalue weighted by molar-refractivity contribution is 7.26. The molecule has 5 nitrogen and oxygen atoms in total. The maximum Gasteiger partial charge on any atom is 0.184 e. The molecular weight excluding hydrogens is 607 g/mol. The first-order valence-electron chi connectivity index (χ1n) is 15.9. The van der Waals surface area contributed by atoms with Crippen LogP contribution in [0.25, 0.3) is 58.6 Å². The van der Waals surface area contributed by atoms with Crippen LogP contribution in [0.15, 0.2) is 162 Å². The molecule has 48 heavy (non-hydrogen) atoms. The second-order valence-corrected chi connectivity index (χ2v) is 12.9. The van der Waals surface area contributed by atoms with E-state index >= 15 is 0 Å². The third-order valence-electron chi connectivity index (χ3n) is 8.92. The zero-order chi connectivity index (χ0) is 32.0. The minimum absolute atomic E-state index is 0.415. The Labute approximate surface area is 281 Å². The van der Waals surface area contributed by atoms with E-state index in [1.165, 1.54) is 30.9 Å². The van der Waals surface area contributed by atoms with E-state index in [1.807, 2.05) is 84.3 Å². The molecule has 228 valence electrons. The van der Waals surface area contributed by atoms with Crippen LogP contribution in [0.2, 0.25) is 0 Å². The number of hydrogen-bond donors (Lipinski definition) is 1. The fourth-order valence-corrected chi connectivity index (χ4v) is 7.94. The van der Waals surface area contributed by atoms with Crippen molar-refractivity contribution in [3.63, 3.8) is 0 Å². The zero-order valence-electron chi connectivity index (χ0n) is 25.9. The van der Waals surface area contributed by atoms with Crippen molar-refractivity contribution < 1.29 is 0 Å². The number of thiophene rings is 1. The normalized spacial score (nSPS) is 13.0. The zero-order valence-corrected chi connectivity index (χ0v) is 26.7. The van der Waals surface area contributed by atoms with E-state index in [1.54, 1.807) is 0 Å². The molecule has 0 spiro atoms. The third-order valence-corrected chi connectivity index (χ3v) is 10.1. The van der Waals surface area contributed by atoms with Crippen molar-refractivity contribution in [1.82, 2.24) is 9.55 Å². The highest BCUT2D eigenvalue weighted by Crippen LogP contribution is 2.42. The molecule has 1 unspecified atom stereocenters. The van der Waals surface area contributed by atoms with Crippen molar-refractivity contribution in [2.45, 2.75) is 6.17 Å². The number of benzene rings is 6. The second kappa shape index (κ2) is 11.6. The number of pyridine rings is 1. The quantitative estimate of drug-likeness (QED) is 0.146. The van der Waals surface area contributed by atoms with Gasteiger partial charge in [-0.3, -0.25) is 9.56 Å². The Bertz CT molecular complexity index is 2700. The minimum atomic E-state index is -0.665. The highest BCUT2D eigenvalue weighted by Gasteiger charge is 2.20. The van der Waals surface area contributed by atoms with Gasteiger partial charge in [-0.2, -0.15) is 0 Å². The van der Waals surface area contributed by atoms with Gasteiger partial charge < -0.3 is 5.73 Å². The maximum atomic E-state index is 6.79. The molecule has 9 aromatic rings. The molecule has 6 aromatic carbocycles. The van der Waals surface area contributed by atoms with Gasteiger partial charge in [-0.15, -0.1) is 11.3 Å². The summed E-state index contributed by atoms with van der Waals surface area (Å²) in [6, 6.07) is 52.1. The van der Waals surface area contributed by atoms with Crippen molar-refractivity contribution in [2.75, 3.05) is 0 Å². The highest BCUT2D eigenvalue weighted by atomic mass is 32.1. The number of nitrogens with two attached hydrogens (primary N) is 1. The average Bonchev–Trinajstić information content (AvgIpc) is 3.69. The van der Waals surface area contributed by atoms with Crippen molar-refractivity contribution >= 4 is 76.1 Å². The summed E-state index contributed by atoms with van der Waals surface area (Å²) in [4.78, 5) is 15.3. The largest absolute Gasteiger partial charge is 0.383 e. The smallest absolute Gasteiger partial charge is 0.184 e. The first-order chi connectivity index (χ1) is 23.7. The minimum Gasteiger partial charge on any atom is -0.383 e. The van der Waals surface area contributed by atoms with E-state index in [2.05, 4.69) is 89.5 Å². The number of hydrogen-bond acceptors (Lipinski definition) is 4. The summed E-state index contributed by atoms with van der Waals surface area (Å²) < 4.78 is 4.81. The van der Waals surface area contributed by atoms with Crippen molar-refractivity contribution in [3.8, 4) is 5.82 Å². The van der Waals surface area contributed by atoms with Crippen LogP contribution in [-0.4, -0.2) is 21.6 Å². The number of nitrogens with zero attached hydrogens (tertiary/aromatic N) is 4. The topological polar surface area (TPSA) is 68.6 Å². The summed E-state index contributed by atoms with van der Waals surface area (Å²) >= 11 is 1.83. The predicted molar refractivity (Wildman–Crippen MR) is 203 cm³/mol. The molecule has 0 saturated carbocycles. The van der Waals surface area contributed by atoms with E-state index in [0.29, 0.717) is 11.5 Å². The molecule has 9 rings (SSSR count). The SMILES string of the molecule is NC(=NC(N=Cc1ccccc1)c1cccc(-n2c3ccccc3c3ccc4c5ccccc5sc4c32)n1)c1cccc2ccccc12. The van der Waals surface area contributed by atoms with Crippen LogP contribution in [0, 0.1) is 0 Å². The van der Waals surface area contributed by atoms with Crippen LogP contribution in [0.5, 0.6) is 0 Å². The Morgan fingerprint density at radius 1 is 0.646 bits per heavy atom. The molecule has 0 radical (unpaired) electrons. The van der Waals surface area contributed by atoms with Crippen molar-refractivity contribution in [3.05, 3.63) is 168 Å². The average molecular weight is 636 g/mol. The van der Waals surface area contributed by atoms with Gasteiger partial charge in [0.05, 0.1) is 21.4 Å².